The molecule has 130 valence electrons. The van der Waals surface area contributed by atoms with Crippen molar-refractivity contribution in [3.05, 3.63) is 65.9 Å². The lowest BCUT2D eigenvalue weighted by Gasteiger charge is -2.14. The molecule has 0 aliphatic carbocycles. The molecule has 0 spiro atoms. The van der Waals surface area contributed by atoms with E-state index in [0.29, 0.717) is 11.3 Å². The lowest BCUT2D eigenvalue weighted by atomic mass is 10.1. The third kappa shape index (κ3) is 3.73. The van der Waals surface area contributed by atoms with Crippen LogP contribution in [0, 0.1) is 11.3 Å². The zero-order valence-electron chi connectivity index (χ0n) is 14.2. The van der Waals surface area contributed by atoms with E-state index < -0.39 is 18.0 Å². The molecule has 26 heavy (non-hydrogen) atoms. The highest BCUT2D eigenvalue weighted by atomic mass is 16.5. The number of amides is 1. The van der Waals surface area contributed by atoms with Crippen molar-refractivity contribution in [3.8, 4) is 6.07 Å². The molecule has 2 aromatic carbocycles. The summed E-state index contributed by atoms with van der Waals surface area (Å²) in [5.74, 6) is -0.981. The van der Waals surface area contributed by atoms with E-state index in [2.05, 4.69) is 10.3 Å². The lowest BCUT2D eigenvalue weighted by Crippen LogP contribution is -2.30. The predicted octanol–water partition coefficient (Wildman–Crippen LogP) is 3.15. The Morgan fingerprint density at radius 3 is 2.73 bits per heavy atom. The van der Waals surface area contributed by atoms with E-state index in [4.69, 9.17) is 10.00 Å². The summed E-state index contributed by atoms with van der Waals surface area (Å²) in [5, 5.41) is 12.6. The number of H-pyrrole nitrogens is 1. The zero-order valence-corrected chi connectivity index (χ0v) is 14.2. The standard InChI is InChI=1S/C20H17N3O3/c1-13(20(25)23-17-8-4-2-6-14(17)11-21)26-19(24)10-15-12-22-18-9-5-3-7-16(15)18/h2-9,12-13,22H,10H2,1H3,(H,23,25)/t13-/m0/s1. The number of nitrogens with zero attached hydrogens (tertiary/aromatic N) is 1. The molecule has 1 heterocycles. The van der Waals surface area contributed by atoms with Crippen molar-refractivity contribution >= 4 is 28.5 Å². The first-order valence-electron chi connectivity index (χ1n) is 8.13. The number of hydrogen-bond donors (Lipinski definition) is 2. The van der Waals surface area contributed by atoms with Crippen LogP contribution in [0.1, 0.15) is 18.1 Å². The molecule has 0 bridgehead atoms. The molecule has 2 N–H and O–H groups in total. The maximum absolute atomic E-state index is 12.2. The van der Waals surface area contributed by atoms with Crippen molar-refractivity contribution in [1.82, 2.24) is 4.98 Å². The number of nitriles is 1. The summed E-state index contributed by atoms with van der Waals surface area (Å²) in [6, 6.07) is 16.3. The number of nitrogens with one attached hydrogen (secondary N) is 2. The molecule has 0 saturated carbocycles. The topological polar surface area (TPSA) is 95.0 Å². The average molecular weight is 347 g/mol. The van der Waals surface area contributed by atoms with Crippen molar-refractivity contribution in [3.63, 3.8) is 0 Å². The second-order valence-electron chi connectivity index (χ2n) is 5.82. The molecular weight excluding hydrogens is 330 g/mol. The van der Waals surface area contributed by atoms with Gasteiger partial charge in [-0.05, 0) is 30.7 Å². The summed E-state index contributed by atoms with van der Waals surface area (Å²) in [6.45, 7) is 1.50. The van der Waals surface area contributed by atoms with E-state index in [1.807, 2.05) is 30.3 Å². The first kappa shape index (κ1) is 17.2. The molecule has 0 saturated heterocycles. The molecule has 1 atom stereocenters. The molecule has 0 fully saturated rings. The van der Waals surface area contributed by atoms with Gasteiger partial charge in [-0.1, -0.05) is 30.3 Å². The van der Waals surface area contributed by atoms with Crippen LogP contribution in [-0.2, 0) is 20.7 Å². The lowest BCUT2D eigenvalue weighted by molar-refractivity contribution is -0.152. The summed E-state index contributed by atoms with van der Waals surface area (Å²) in [6.07, 6.45) is 0.857. The van der Waals surface area contributed by atoms with Crippen LogP contribution >= 0.6 is 0 Å². The largest absolute Gasteiger partial charge is 0.452 e. The van der Waals surface area contributed by atoms with Gasteiger partial charge in [-0.15, -0.1) is 0 Å². The second-order valence-corrected chi connectivity index (χ2v) is 5.82. The monoisotopic (exact) mass is 347 g/mol. The van der Waals surface area contributed by atoms with Gasteiger partial charge in [-0.2, -0.15) is 5.26 Å². The normalized spacial score (nSPS) is 11.5. The molecule has 1 amide bonds. The molecular formula is C20H17N3O3. The minimum Gasteiger partial charge on any atom is -0.452 e. The number of hydrogen-bond acceptors (Lipinski definition) is 4. The van der Waals surface area contributed by atoms with Crippen molar-refractivity contribution in [2.45, 2.75) is 19.4 Å². The van der Waals surface area contributed by atoms with E-state index in [9.17, 15) is 9.59 Å². The van der Waals surface area contributed by atoms with Gasteiger partial charge in [0.1, 0.15) is 6.07 Å². The van der Waals surface area contributed by atoms with Gasteiger partial charge >= 0.3 is 5.97 Å². The molecule has 3 aromatic rings. The fourth-order valence-corrected chi connectivity index (χ4v) is 2.65. The van der Waals surface area contributed by atoms with Crippen LogP contribution < -0.4 is 5.32 Å². The molecule has 0 aliphatic heterocycles. The number of anilines is 1. The van der Waals surface area contributed by atoms with Gasteiger partial charge < -0.3 is 15.0 Å². The zero-order chi connectivity index (χ0) is 18.5. The number of para-hydroxylation sites is 2. The Labute approximate surface area is 150 Å². The van der Waals surface area contributed by atoms with Crippen LogP contribution in [0.15, 0.2) is 54.7 Å². The third-order valence-corrected chi connectivity index (χ3v) is 3.99. The number of carbonyl (C=O) groups excluding carboxylic acids is 2. The highest BCUT2D eigenvalue weighted by Gasteiger charge is 2.20. The van der Waals surface area contributed by atoms with Gasteiger partial charge in [0.25, 0.3) is 5.91 Å². The van der Waals surface area contributed by atoms with E-state index in [-0.39, 0.29) is 6.42 Å². The highest BCUT2D eigenvalue weighted by Crippen LogP contribution is 2.19. The van der Waals surface area contributed by atoms with Crippen LogP contribution in [0.3, 0.4) is 0 Å². The fourth-order valence-electron chi connectivity index (χ4n) is 2.65. The Morgan fingerprint density at radius 2 is 1.92 bits per heavy atom. The van der Waals surface area contributed by atoms with Gasteiger partial charge in [0.15, 0.2) is 6.10 Å². The Hall–Kier alpha value is -3.59. The first-order chi connectivity index (χ1) is 12.6. The molecule has 3 rings (SSSR count). The van der Waals surface area contributed by atoms with Crippen molar-refractivity contribution in [2.24, 2.45) is 0 Å². The number of ether oxygens (including phenoxy) is 1. The third-order valence-electron chi connectivity index (χ3n) is 3.99. The molecule has 1 aromatic heterocycles. The molecule has 0 unspecified atom stereocenters. The molecule has 6 nitrogen and oxygen atoms in total. The maximum atomic E-state index is 12.2. The van der Waals surface area contributed by atoms with Gasteiger partial charge in [0, 0.05) is 17.1 Å². The van der Waals surface area contributed by atoms with Crippen LogP contribution in [0.25, 0.3) is 10.9 Å². The van der Waals surface area contributed by atoms with Crippen molar-refractivity contribution < 1.29 is 14.3 Å². The maximum Gasteiger partial charge on any atom is 0.311 e. The van der Waals surface area contributed by atoms with Crippen LogP contribution in [0.4, 0.5) is 5.69 Å². The minimum atomic E-state index is -0.973. The van der Waals surface area contributed by atoms with Gasteiger partial charge in [0.05, 0.1) is 17.7 Å². The fraction of sp³-hybridized carbons (Fsp3) is 0.150. The number of rotatable bonds is 5. The predicted molar refractivity (Wildman–Crippen MR) is 97.3 cm³/mol. The van der Waals surface area contributed by atoms with Crippen LogP contribution in [-0.4, -0.2) is 23.0 Å². The summed E-state index contributed by atoms with van der Waals surface area (Å²) in [4.78, 5) is 27.5. The summed E-state index contributed by atoms with van der Waals surface area (Å²) in [7, 11) is 0. The van der Waals surface area contributed by atoms with Crippen LogP contribution in [0.5, 0.6) is 0 Å². The average Bonchev–Trinajstić information content (AvgIpc) is 3.05. The van der Waals surface area contributed by atoms with Gasteiger partial charge in [0.2, 0.25) is 0 Å². The summed E-state index contributed by atoms with van der Waals surface area (Å²) in [5.41, 5.74) is 2.49. The SMILES string of the molecule is C[C@H](OC(=O)Cc1c[nH]c2ccccc12)C(=O)Nc1ccccc1C#N. The van der Waals surface area contributed by atoms with E-state index >= 15 is 0 Å². The first-order valence-corrected chi connectivity index (χ1v) is 8.13. The second kappa shape index (κ2) is 7.53. The van der Waals surface area contributed by atoms with Gasteiger partial charge in [-0.3, -0.25) is 9.59 Å². The number of fused-ring (bicyclic) bond motifs is 1. The number of aromatic amines is 1. The number of benzene rings is 2. The molecule has 0 radical (unpaired) electrons. The summed E-state index contributed by atoms with van der Waals surface area (Å²) >= 11 is 0. The molecule has 6 heteroatoms. The van der Waals surface area contributed by atoms with Crippen molar-refractivity contribution in [2.75, 3.05) is 5.32 Å². The minimum absolute atomic E-state index is 0.0659. The number of carbonyl (C=O) groups is 2. The van der Waals surface area contributed by atoms with Crippen molar-refractivity contribution in [1.29, 1.82) is 5.26 Å². The number of aromatic nitrogens is 1. The Morgan fingerprint density at radius 1 is 1.19 bits per heavy atom. The summed E-state index contributed by atoms with van der Waals surface area (Å²) < 4.78 is 5.23. The van der Waals surface area contributed by atoms with Gasteiger partial charge in [-0.25, -0.2) is 0 Å². The highest BCUT2D eigenvalue weighted by molar-refractivity contribution is 5.96. The Bertz CT molecular complexity index is 1000. The Kier molecular flexibility index (Phi) is 4.99. The molecule has 0 aliphatic rings. The van der Waals surface area contributed by atoms with E-state index in [1.165, 1.54) is 6.92 Å². The smallest absolute Gasteiger partial charge is 0.311 e. The number of esters is 1. The quantitative estimate of drug-likeness (QED) is 0.693. The Balaban J connectivity index is 1.62. The van der Waals surface area contributed by atoms with E-state index in [0.717, 1.165) is 16.5 Å². The van der Waals surface area contributed by atoms with Crippen LogP contribution in [0.2, 0.25) is 0 Å². The van der Waals surface area contributed by atoms with E-state index in [1.54, 1.807) is 30.5 Å².